The van der Waals surface area contributed by atoms with Crippen LogP contribution in [-0.2, 0) is 21.1 Å². The predicted molar refractivity (Wildman–Crippen MR) is 7.61 cm³/mol. The molecule has 0 unspecified atom stereocenters. The summed E-state index contributed by atoms with van der Waals surface area (Å²) in [7, 11) is -1.08. The quantitative estimate of drug-likeness (QED) is 0.322. The molecule has 2 nitrogen and oxygen atoms in total. The van der Waals surface area contributed by atoms with Gasteiger partial charge in [-0.05, 0) is 0 Å². The van der Waals surface area contributed by atoms with Gasteiger partial charge in [0.2, 0.25) is 0 Å². The molecule has 0 aliphatic rings. The van der Waals surface area contributed by atoms with Crippen molar-refractivity contribution in [1.82, 2.24) is 0 Å². The van der Waals surface area contributed by atoms with Crippen molar-refractivity contribution in [3.8, 4) is 0 Å². The van der Waals surface area contributed by atoms with Gasteiger partial charge in [-0.3, -0.25) is 4.57 Å². The Morgan fingerprint density at radius 2 is 1.75 bits per heavy atom. The Labute approximate surface area is 35.4 Å². The van der Waals surface area contributed by atoms with Gasteiger partial charge in [-0.2, -0.15) is 0 Å². The standard InChI is InChI=1S/Ni.HO2P/c;1-3-2/h;(H,1,2)/q+2;/p-1. The van der Waals surface area contributed by atoms with Crippen molar-refractivity contribution in [1.29, 1.82) is 0 Å². The summed E-state index contributed by atoms with van der Waals surface area (Å²) in [4.78, 5) is 8.35. The molecule has 0 saturated carbocycles. The van der Waals surface area contributed by atoms with E-state index in [4.69, 9.17) is 9.46 Å². The maximum Gasteiger partial charge on any atom is 2.00 e. The van der Waals surface area contributed by atoms with Crippen LogP contribution in [0.3, 0.4) is 0 Å². The molecule has 4 heteroatoms. The summed E-state index contributed by atoms with van der Waals surface area (Å²) in [6.45, 7) is 0. The Kier molecular flexibility index (Phi) is 21.2. The van der Waals surface area contributed by atoms with Crippen molar-refractivity contribution in [2.45, 2.75) is 0 Å². The Hall–Kier alpha value is 0.554. The molecule has 0 aliphatic heterocycles. The Morgan fingerprint density at radius 1 is 1.75 bits per heavy atom. The molecular weight excluding hydrogens is 122 g/mol. The van der Waals surface area contributed by atoms with E-state index in [-0.39, 0.29) is 16.5 Å². The van der Waals surface area contributed by atoms with Crippen LogP contribution in [-0.4, -0.2) is 0 Å². The van der Waals surface area contributed by atoms with Gasteiger partial charge in [0.25, 0.3) is 0 Å². The molecule has 0 radical (unpaired) electrons. The normalized spacial score (nSPS) is 5.25. The second-order valence-electron chi connectivity index (χ2n) is 0.0745. The van der Waals surface area contributed by atoms with E-state index in [0.717, 1.165) is 0 Å². The second kappa shape index (κ2) is 9.60. The number of hydrogen-bond acceptors (Lipinski definition) is 2. The second-order valence-corrected chi connectivity index (χ2v) is 0.224. The number of hydrogen-bond donors (Lipinski definition) is 0. The van der Waals surface area contributed by atoms with Crippen LogP contribution in [0.2, 0.25) is 0 Å². The maximum absolute atomic E-state index is 8.35. The number of rotatable bonds is 0. The van der Waals surface area contributed by atoms with Gasteiger partial charge in [-0.1, -0.05) is 0 Å². The molecule has 4 heavy (non-hydrogen) atoms. The Balaban J connectivity index is 0. The van der Waals surface area contributed by atoms with Crippen molar-refractivity contribution in [3.05, 3.63) is 0 Å². The smallest absolute Gasteiger partial charge is 0.772 e. The van der Waals surface area contributed by atoms with Crippen LogP contribution in [0, 0.1) is 0 Å². The van der Waals surface area contributed by atoms with Gasteiger partial charge in [0.05, 0.1) is 8.69 Å². The van der Waals surface area contributed by atoms with E-state index in [2.05, 4.69) is 0 Å². The zero-order valence-electron chi connectivity index (χ0n) is 1.58. The van der Waals surface area contributed by atoms with Crippen LogP contribution >= 0.6 is 8.69 Å². The van der Waals surface area contributed by atoms with E-state index < -0.39 is 8.69 Å². The Morgan fingerprint density at radius 3 is 1.75 bits per heavy atom. The molecule has 0 aromatic rings. The van der Waals surface area contributed by atoms with Crippen LogP contribution in [0.15, 0.2) is 0 Å². The van der Waals surface area contributed by atoms with Crippen molar-refractivity contribution in [3.63, 3.8) is 0 Å². The summed E-state index contributed by atoms with van der Waals surface area (Å²) in [5.41, 5.74) is 0. The Bertz CT molecular complexity index is 13.5. The van der Waals surface area contributed by atoms with E-state index in [9.17, 15) is 0 Å². The van der Waals surface area contributed by atoms with Gasteiger partial charge in [0.15, 0.2) is 0 Å². The zero-order chi connectivity index (χ0) is 2.71. The minimum Gasteiger partial charge on any atom is -0.772 e. The summed E-state index contributed by atoms with van der Waals surface area (Å²) >= 11 is 0. The first-order valence-corrected chi connectivity index (χ1v) is 1.10. The van der Waals surface area contributed by atoms with Crippen LogP contribution in [0.25, 0.3) is 0 Å². The molecule has 26 valence electrons. The molecule has 0 aromatic heterocycles. The minimum atomic E-state index is -1.08. The summed E-state index contributed by atoms with van der Waals surface area (Å²) in [6.07, 6.45) is 0. The van der Waals surface area contributed by atoms with Gasteiger partial charge in [0.1, 0.15) is 0 Å². The molecule has 0 rings (SSSR count). The van der Waals surface area contributed by atoms with E-state index >= 15 is 0 Å². The first-order chi connectivity index (χ1) is 1.41. The monoisotopic (exact) mass is 121 g/mol. The van der Waals surface area contributed by atoms with E-state index in [0.29, 0.717) is 0 Å². The van der Waals surface area contributed by atoms with Gasteiger partial charge in [0, 0.05) is 0 Å². The van der Waals surface area contributed by atoms with Crippen LogP contribution in [0.5, 0.6) is 0 Å². The molecular formula is NiO2P+. The summed E-state index contributed by atoms with van der Waals surface area (Å²) in [5, 5.41) is 0. The molecule has 0 heterocycles. The van der Waals surface area contributed by atoms with Crippen molar-refractivity contribution in [2.24, 2.45) is 0 Å². The largest absolute Gasteiger partial charge is 2.00 e. The van der Waals surface area contributed by atoms with Crippen LogP contribution in [0.1, 0.15) is 0 Å². The zero-order valence-corrected chi connectivity index (χ0v) is 3.46. The minimum absolute atomic E-state index is 0. The third-order valence-electron chi connectivity index (χ3n) is 0. The third kappa shape index (κ3) is 20.1. The molecule has 0 N–H and O–H groups in total. The topological polar surface area (TPSA) is 40.1 Å². The van der Waals surface area contributed by atoms with Crippen molar-refractivity contribution < 1.29 is 25.9 Å². The maximum atomic E-state index is 8.35. The molecule has 0 bridgehead atoms. The SMILES string of the molecule is O=P[O-].[Ni+2]. The third-order valence-corrected chi connectivity index (χ3v) is 0. The van der Waals surface area contributed by atoms with E-state index in [1.807, 2.05) is 0 Å². The molecule has 0 fully saturated rings. The van der Waals surface area contributed by atoms with Gasteiger partial charge < -0.3 is 4.89 Å². The first-order valence-electron chi connectivity index (χ1n) is 0.365. The summed E-state index contributed by atoms with van der Waals surface area (Å²) in [6, 6.07) is 0. The first kappa shape index (κ1) is 8.82. The molecule has 0 aromatic carbocycles. The van der Waals surface area contributed by atoms with Gasteiger partial charge >= 0.3 is 16.5 Å². The summed E-state index contributed by atoms with van der Waals surface area (Å²) in [5.74, 6) is 0. The van der Waals surface area contributed by atoms with Crippen LogP contribution < -0.4 is 4.89 Å². The fourth-order valence-electron chi connectivity index (χ4n) is 0. The predicted octanol–water partition coefficient (Wildman–Crippen LogP) is -0.449. The van der Waals surface area contributed by atoms with E-state index in [1.54, 1.807) is 0 Å². The average molecular weight is 122 g/mol. The fourth-order valence-corrected chi connectivity index (χ4v) is 0. The van der Waals surface area contributed by atoms with Gasteiger partial charge in [-0.25, -0.2) is 0 Å². The van der Waals surface area contributed by atoms with Crippen molar-refractivity contribution in [2.75, 3.05) is 0 Å². The van der Waals surface area contributed by atoms with Crippen molar-refractivity contribution >= 4 is 8.69 Å². The fraction of sp³-hybridized carbons (Fsp3) is 0. The van der Waals surface area contributed by atoms with Gasteiger partial charge in [-0.15, -0.1) is 0 Å². The van der Waals surface area contributed by atoms with Crippen LogP contribution in [0.4, 0.5) is 0 Å². The van der Waals surface area contributed by atoms with E-state index in [1.165, 1.54) is 0 Å². The molecule has 0 spiro atoms. The average Bonchev–Trinajstić information content (AvgIpc) is 0.918. The molecule has 0 amide bonds. The summed E-state index contributed by atoms with van der Waals surface area (Å²) < 4.78 is 8.35. The molecule has 0 saturated heterocycles. The molecule has 0 aliphatic carbocycles. The molecule has 0 atom stereocenters.